The van der Waals surface area contributed by atoms with Crippen LogP contribution >= 0.6 is 0 Å². The molecule has 5 aromatic rings. The first kappa shape index (κ1) is 21.5. The van der Waals surface area contributed by atoms with Gasteiger partial charge in [0.05, 0.1) is 5.69 Å². The third-order valence-corrected chi connectivity index (χ3v) is 5.47. The van der Waals surface area contributed by atoms with Crippen LogP contribution in [0.5, 0.6) is 0 Å². The van der Waals surface area contributed by atoms with E-state index in [2.05, 4.69) is 20.6 Å². The number of amides is 1. The summed E-state index contributed by atoms with van der Waals surface area (Å²) in [6.45, 7) is 3.85. The number of carbonyl (C=O) groups excluding carboxylic acids is 1. The summed E-state index contributed by atoms with van der Waals surface area (Å²) in [7, 11) is 0. The zero-order valence-electron chi connectivity index (χ0n) is 18.7. The van der Waals surface area contributed by atoms with Crippen LogP contribution in [0.2, 0.25) is 0 Å². The summed E-state index contributed by atoms with van der Waals surface area (Å²) < 4.78 is 21.6. The molecule has 34 heavy (non-hydrogen) atoms. The van der Waals surface area contributed by atoms with Crippen molar-refractivity contribution in [3.05, 3.63) is 89.4 Å². The molecule has 0 fully saturated rings. The van der Waals surface area contributed by atoms with E-state index in [1.807, 2.05) is 56.3 Å². The molecule has 0 aliphatic rings. The van der Waals surface area contributed by atoms with Crippen LogP contribution in [0.15, 0.2) is 71.1 Å². The summed E-state index contributed by atoms with van der Waals surface area (Å²) in [5, 5.41) is 15.9. The fraction of sp³-hybridized carbons (Fsp3) is 0.154. The van der Waals surface area contributed by atoms with Gasteiger partial charge >= 0.3 is 0 Å². The molecule has 0 unspecified atom stereocenters. The number of fused-ring (bicyclic) bond motifs is 1. The molecule has 0 aliphatic heterocycles. The van der Waals surface area contributed by atoms with Crippen molar-refractivity contribution in [2.75, 3.05) is 5.32 Å². The molecular formula is C26H22FN5O2. The van der Waals surface area contributed by atoms with Gasteiger partial charge in [0.15, 0.2) is 11.4 Å². The number of hydrogen-bond acceptors (Lipinski definition) is 5. The molecule has 170 valence electrons. The van der Waals surface area contributed by atoms with Crippen LogP contribution in [-0.2, 0) is 6.42 Å². The molecule has 5 rings (SSSR count). The van der Waals surface area contributed by atoms with Crippen molar-refractivity contribution in [2.45, 2.75) is 26.7 Å². The van der Waals surface area contributed by atoms with Gasteiger partial charge in [-0.3, -0.25) is 4.79 Å². The zero-order chi connectivity index (χ0) is 23.7. The molecule has 1 amide bonds. The Kier molecular flexibility index (Phi) is 5.63. The lowest BCUT2D eigenvalue weighted by atomic mass is 10.1. The van der Waals surface area contributed by atoms with Crippen LogP contribution in [0, 0.1) is 12.7 Å². The topological polar surface area (TPSA) is 85.3 Å². The zero-order valence-corrected chi connectivity index (χ0v) is 18.7. The Labute approximate surface area is 195 Å². The molecule has 7 nitrogen and oxygen atoms in total. The number of hydrogen-bond donors (Lipinski definition) is 1. The summed E-state index contributed by atoms with van der Waals surface area (Å²) in [6.07, 6.45) is 1.48. The summed E-state index contributed by atoms with van der Waals surface area (Å²) in [5.41, 5.74) is 3.51. The highest BCUT2D eigenvalue weighted by Crippen LogP contribution is 2.25. The van der Waals surface area contributed by atoms with Crippen LogP contribution < -0.4 is 5.32 Å². The quantitative estimate of drug-likeness (QED) is 0.355. The van der Waals surface area contributed by atoms with Gasteiger partial charge in [-0.05, 0) is 67.4 Å². The number of carbonyl (C=O) groups is 1. The van der Waals surface area contributed by atoms with Crippen LogP contribution in [0.4, 0.5) is 10.1 Å². The predicted octanol–water partition coefficient (Wildman–Crippen LogP) is 5.70. The highest BCUT2D eigenvalue weighted by atomic mass is 19.1. The van der Waals surface area contributed by atoms with E-state index < -0.39 is 0 Å². The molecule has 0 spiro atoms. The van der Waals surface area contributed by atoms with E-state index in [4.69, 9.17) is 4.42 Å². The lowest BCUT2D eigenvalue weighted by molar-refractivity contribution is 0.102. The highest BCUT2D eigenvalue weighted by molar-refractivity contribution is 6.04. The minimum atomic E-state index is -0.378. The maximum Gasteiger partial charge on any atom is 0.255 e. The molecule has 0 bridgehead atoms. The minimum absolute atomic E-state index is 0.269. The average molecular weight is 455 g/mol. The number of nitrogens with zero attached hydrogens (tertiary/aromatic N) is 4. The standard InChI is InChI=1S/C26H22FN5O2/c1-3-5-17-9-10-19(15-21(17)27)26(33)28-20-7-4-6-18(14-20)22-11-13-24-29-30-25(32(24)31-22)23-12-8-16(2)34-23/h4,6-15H,3,5H2,1-2H3,(H,28,33). The number of anilines is 1. The number of nitrogens with one attached hydrogen (secondary N) is 1. The van der Waals surface area contributed by atoms with Crippen molar-refractivity contribution in [3.8, 4) is 22.8 Å². The van der Waals surface area contributed by atoms with Gasteiger partial charge in [-0.1, -0.05) is 31.5 Å². The van der Waals surface area contributed by atoms with Gasteiger partial charge in [-0.25, -0.2) is 4.39 Å². The average Bonchev–Trinajstić information content (AvgIpc) is 3.46. The SMILES string of the molecule is CCCc1ccc(C(=O)Nc2cccc(-c3ccc4nnc(-c5ccc(C)o5)n4n3)c2)cc1F. The second-order valence-electron chi connectivity index (χ2n) is 8.01. The smallest absolute Gasteiger partial charge is 0.255 e. The molecule has 0 saturated carbocycles. The fourth-order valence-corrected chi connectivity index (χ4v) is 3.77. The lowest BCUT2D eigenvalue weighted by Gasteiger charge is -2.09. The monoisotopic (exact) mass is 455 g/mol. The third kappa shape index (κ3) is 4.17. The molecular weight excluding hydrogens is 433 g/mol. The van der Waals surface area contributed by atoms with E-state index in [1.54, 1.807) is 22.7 Å². The highest BCUT2D eigenvalue weighted by Gasteiger charge is 2.15. The summed E-state index contributed by atoms with van der Waals surface area (Å²) in [5.74, 6) is 1.11. The van der Waals surface area contributed by atoms with E-state index >= 15 is 0 Å². The number of rotatable bonds is 6. The first-order chi connectivity index (χ1) is 16.5. The van der Waals surface area contributed by atoms with Gasteiger partial charge in [-0.2, -0.15) is 9.61 Å². The van der Waals surface area contributed by atoms with Crippen molar-refractivity contribution in [1.82, 2.24) is 19.8 Å². The van der Waals surface area contributed by atoms with Gasteiger partial charge in [0.1, 0.15) is 11.6 Å². The van der Waals surface area contributed by atoms with Crippen molar-refractivity contribution in [3.63, 3.8) is 0 Å². The van der Waals surface area contributed by atoms with E-state index in [-0.39, 0.29) is 17.3 Å². The maximum atomic E-state index is 14.3. The van der Waals surface area contributed by atoms with Gasteiger partial charge in [0, 0.05) is 16.8 Å². The number of furan rings is 1. The predicted molar refractivity (Wildman–Crippen MR) is 127 cm³/mol. The molecule has 2 aromatic carbocycles. The van der Waals surface area contributed by atoms with E-state index in [0.29, 0.717) is 40.6 Å². The van der Waals surface area contributed by atoms with Crippen LogP contribution in [0.25, 0.3) is 28.5 Å². The number of aromatic nitrogens is 4. The normalized spacial score (nSPS) is 11.1. The first-order valence-electron chi connectivity index (χ1n) is 11.0. The van der Waals surface area contributed by atoms with Crippen molar-refractivity contribution < 1.29 is 13.6 Å². The van der Waals surface area contributed by atoms with Crippen LogP contribution in [0.1, 0.15) is 35.0 Å². The Morgan fingerprint density at radius 2 is 1.94 bits per heavy atom. The summed E-state index contributed by atoms with van der Waals surface area (Å²) >= 11 is 0. The lowest BCUT2D eigenvalue weighted by Crippen LogP contribution is -2.12. The Hall–Kier alpha value is -4.33. The summed E-state index contributed by atoms with van der Waals surface area (Å²) in [6, 6.07) is 19.2. The van der Waals surface area contributed by atoms with Crippen molar-refractivity contribution in [2.24, 2.45) is 0 Å². The molecule has 0 atom stereocenters. The molecule has 1 N–H and O–H groups in total. The minimum Gasteiger partial charge on any atom is -0.458 e. The fourth-order valence-electron chi connectivity index (χ4n) is 3.77. The molecule has 0 saturated heterocycles. The van der Waals surface area contributed by atoms with Crippen molar-refractivity contribution in [1.29, 1.82) is 0 Å². The van der Waals surface area contributed by atoms with Gasteiger partial charge in [0.25, 0.3) is 5.91 Å². The molecule has 3 aromatic heterocycles. The second kappa shape index (κ2) is 8.90. The van der Waals surface area contributed by atoms with Crippen LogP contribution in [0.3, 0.4) is 0 Å². The number of aryl methyl sites for hydroxylation is 2. The largest absolute Gasteiger partial charge is 0.458 e. The van der Waals surface area contributed by atoms with E-state index in [0.717, 1.165) is 17.7 Å². The van der Waals surface area contributed by atoms with Gasteiger partial charge in [-0.15, -0.1) is 10.2 Å². The second-order valence-corrected chi connectivity index (χ2v) is 8.01. The molecule has 0 aliphatic carbocycles. The third-order valence-electron chi connectivity index (χ3n) is 5.47. The Balaban J connectivity index is 1.42. The molecule has 8 heteroatoms. The first-order valence-corrected chi connectivity index (χ1v) is 11.0. The number of halogens is 1. The van der Waals surface area contributed by atoms with E-state index in [1.165, 1.54) is 6.07 Å². The number of benzene rings is 2. The van der Waals surface area contributed by atoms with Gasteiger partial charge in [0.2, 0.25) is 5.82 Å². The van der Waals surface area contributed by atoms with E-state index in [9.17, 15) is 9.18 Å². The Morgan fingerprint density at radius 3 is 2.71 bits per heavy atom. The van der Waals surface area contributed by atoms with Crippen LogP contribution in [-0.4, -0.2) is 25.7 Å². The van der Waals surface area contributed by atoms with Crippen molar-refractivity contribution >= 4 is 17.2 Å². The Bertz CT molecular complexity index is 1500. The van der Waals surface area contributed by atoms with Gasteiger partial charge < -0.3 is 9.73 Å². The maximum absolute atomic E-state index is 14.3. The molecule has 0 radical (unpaired) electrons. The summed E-state index contributed by atoms with van der Waals surface area (Å²) in [4.78, 5) is 12.7. The molecule has 3 heterocycles. The Morgan fingerprint density at radius 1 is 1.06 bits per heavy atom.